The Labute approximate surface area is 155 Å². The minimum atomic E-state index is -0.410. The van der Waals surface area contributed by atoms with Gasteiger partial charge in [0.15, 0.2) is 0 Å². The number of aromatic nitrogens is 2. The molecule has 0 saturated carbocycles. The molecular formula is C20H20F2N4O. The van der Waals surface area contributed by atoms with Gasteiger partial charge in [-0.15, -0.1) is 0 Å². The average Bonchev–Trinajstić information content (AvgIpc) is 2.66. The number of anilines is 1. The maximum atomic E-state index is 13.3. The van der Waals surface area contributed by atoms with Crippen molar-refractivity contribution in [2.75, 3.05) is 5.32 Å². The fourth-order valence-electron chi connectivity index (χ4n) is 2.76. The van der Waals surface area contributed by atoms with Gasteiger partial charge >= 0.3 is 0 Å². The van der Waals surface area contributed by atoms with E-state index in [0.717, 1.165) is 17.5 Å². The van der Waals surface area contributed by atoms with E-state index in [2.05, 4.69) is 15.5 Å². The summed E-state index contributed by atoms with van der Waals surface area (Å²) in [6, 6.07) is 10.2. The van der Waals surface area contributed by atoms with Crippen molar-refractivity contribution in [2.24, 2.45) is 0 Å². The van der Waals surface area contributed by atoms with Crippen molar-refractivity contribution in [1.82, 2.24) is 10.2 Å². The standard InChI is InChI=1S/C11H10FN3O.C7H4FN.C2H6/c1-5-2-9-10-7(11(16)15-14-9)3-6(12)4-8(10)13-5;8-7-3-1-2-6(4-7)5-9;1-2/h3-5,13H,2H2,1H3,(H,15,16);1-4H;1-2H3. The molecule has 2 N–H and O–H groups in total. The predicted molar refractivity (Wildman–Crippen MR) is 102 cm³/mol. The maximum Gasteiger partial charge on any atom is 0.272 e. The number of halogens is 2. The van der Waals surface area contributed by atoms with E-state index in [-0.39, 0.29) is 17.4 Å². The summed E-state index contributed by atoms with van der Waals surface area (Å²) in [5.41, 5.74) is 1.48. The Morgan fingerprint density at radius 2 is 1.93 bits per heavy atom. The van der Waals surface area contributed by atoms with Gasteiger partial charge in [0, 0.05) is 23.5 Å². The van der Waals surface area contributed by atoms with Gasteiger partial charge in [0.25, 0.3) is 5.56 Å². The first-order chi connectivity index (χ1) is 13.0. The minimum absolute atomic E-state index is 0.191. The lowest BCUT2D eigenvalue weighted by Gasteiger charge is -2.23. The zero-order valence-electron chi connectivity index (χ0n) is 15.3. The summed E-state index contributed by atoms with van der Waals surface area (Å²) in [5.74, 6) is -0.777. The average molecular weight is 370 g/mol. The molecule has 0 bridgehead atoms. The van der Waals surface area contributed by atoms with E-state index in [1.165, 1.54) is 30.3 Å². The normalized spacial score (nSPS) is 14.0. The SMILES string of the molecule is CC.CC1Cc2n[nH]c(=O)c3cc(F)cc(c23)N1.N#Cc1cccc(F)c1. The monoisotopic (exact) mass is 370 g/mol. The van der Waals surface area contributed by atoms with Gasteiger partial charge in [0.2, 0.25) is 0 Å². The van der Waals surface area contributed by atoms with Crippen LogP contribution in [0.25, 0.3) is 10.8 Å². The molecule has 7 heteroatoms. The van der Waals surface area contributed by atoms with E-state index in [1.807, 2.05) is 26.8 Å². The van der Waals surface area contributed by atoms with Crippen molar-refractivity contribution in [3.8, 4) is 6.07 Å². The third-order valence-corrected chi connectivity index (χ3v) is 3.78. The molecule has 1 aromatic heterocycles. The Morgan fingerprint density at radius 3 is 2.56 bits per heavy atom. The van der Waals surface area contributed by atoms with Gasteiger partial charge in [-0.3, -0.25) is 4.79 Å². The first-order valence-corrected chi connectivity index (χ1v) is 8.61. The van der Waals surface area contributed by atoms with Crippen LogP contribution < -0.4 is 10.9 Å². The van der Waals surface area contributed by atoms with Crippen LogP contribution in [0.5, 0.6) is 0 Å². The second-order valence-corrected chi connectivity index (χ2v) is 5.75. The van der Waals surface area contributed by atoms with E-state index in [9.17, 15) is 13.6 Å². The molecule has 5 nitrogen and oxygen atoms in total. The van der Waals surface area contributed by atoms with E-state index in [1.54, 1.807) is 6.07 Å². The minimum Gasteiger partial charge on any atom is -0.382 e. The topological polar surface area (TPSA) is 81.6 Å². The zero-order valence-corrected chi connectivity index (χ0v) is 15.3. The predicted octanol–water partition coefficient (Wildman–Crippen LogP) is 4.14. The molecule has 4 rings (SSSR count). The lowest BCUT2D eigenvalue weighted by atomic mass is 9.99. The zero-order chi connectivity index (χ0) is 20.0. The molecule has 0 radical (unpaired) electrons. The largest absolute Gasteiger partial charge is 0.382 e. The molecule has 2 aromatic carbocycles. The highest BCUT2D eigenvalue weighted by Gasteiger charge is 2.20. The number of rotatable bonds is 0. The molecule has 0 aliphatic carbocycles. The second kappa shape index (κ2) is 8.90. The first kappa shape index (κ1) is 20.0. The Balaban J connectivity index is 0.000000203. The third-order valence-electron chi connectivity index (χ3n) is 3.78. The second-order valence-electron chi connectivity index (χ2n) is 5.75. The van der Waals surface area contributed by atoms with Crippen molar-refractivity contribution >= 4 is 16.5 Å². The molecular weight excluding hydrogens is 350 g/mol. The first-order valence-electron chi connectivity index (χ1n) is 8.61. The van der Waals surface area contributed by atoms with Gasteiger partial charge in [-0.25, -0.2) is 13.9 Å². The number of nitrogens with zero attached hydrogens (tertiary/aromatic N) is 2. The number of hydrogen-bond acceptors (Lipinski definition) is 4. The van der Waals surface area contributed by atoms with Crippen molar-refractivity contribution < 1.29 is 8.78 Å². The fraction of sp³-hybridized carbons (Fsp3) is 0.250. The van der Waals surface area contributed by atoms with Gasteiger partial charge in [0.05, 0.1) is 22.7 Å². The van der Waals surface area contributed by atoms with Gasteiger partial charge in [-0.05, 0) is 37.3 Å². The molecule has 1 aliphatic heterocycles. The molecule has 1 aliphatic rings. The number of hydrogen-bond donors (Lipinski definition) is 2. The lowest BCUT2D eigenvalue weighted by Crippen LogP contribution is -2.26. The van der Waals surface area contributed by atoms with Crippen LogP contribution in [0.3, 0.4) is 0 Å². The van der Waals surface area contributed by atoms with E-state index >= 15 is 0 Å². The molecule has 0 saturated heterocycles. The maximum absolute atomic E-state index is 13.3. The molecule has 140 valence electrons. The van der Waals surface area contributed by atoms with Gasteiger partial charge in [-0.1, -0.05) is 19.9 Å². The van der Waals surface area contributed by atoms with Crippen LogP contribution >= 0.6 is 0 Å². The highest BCUT2D eigenvalue weighted by molar-refractivity contribution is 5.96. The summed E-state index contributed by atoms with van der Waals surface area (Å²) < 4.78 is 25.5. The third kappa shape index (κ3) is 4.67. The van der Waals surface area contributed by atoms with Crippen LogP contribution in [0.1, 0.15) is 32.0 Å². The number of nitriles is 1. The van der Waals surface area contributed by atoms with Crippen molar-refractivity contribution in [3.63, 3.8) is 0 Å². The van der Waals surface area contributed by atoms with Crippen LogP contribution in [0, 0.1) is 23.0 Å². The van der Waals surface area contributed by atoms with Gasteiger partial charge in [-0.2, -0.15) is 10.4 Å². The summed E-state index contributed by atoms with van der Waals surface area (Å²) in [7, 11) is 0. The van der Waals surface area contributed by atoms with Crippen LogP contribution in [0.2, 0.25) is 0 Å². The molecule has 3 aromatic rings. The molecule has 0 spiro atoms. The van der Waals surface area contributed by atoms with E-state index in [0.29, 0.717) is 16.6 Å². The Kier molecular flexibility index (Phi) is 6.61. The Morgan fingerprint density at radius 1 is 1.19 bits per heavy atom. The van der Waals surface area contributed by atoms with Crippen LogP contribution in [-0.2, 0) is 6.42 Å². The summed E-state index contributed by atoms with van der Waals surface area (Å²) >= 11 is 0. The molecule has 1 unspecified atom stereocenters. The molecule has 0 fully saturated rings. The van der Waals surface area contributed by atoms with E-state index < -0.39 is 5.82 Å². The van der Waals surface area contributed by atoms with Crippen molar-refractivity contribution in [2.45, 2.75) is 33.2 Å². The highest BCUT2D eigenvalue weighted by atomic mass is 19.1. The number of nitrogens with one attached hydrogen (secondary N) is 2. The molecule has 2 heterocycles. The van der Waals surface area contributed by atoms with Crippen LogP contribution in [0.4, 0.5) is 14.5 Å². The fourth-order valence-corrected chi connectivity index (χ4v) is 2.76. The molecule has 27 heavy (non-hydrogen) atoms. The number of aromatic amines is 1. The quantitative estimate of drug-likeness (QED) is 0.623. The summed E-state index contributed by atoms with van der Waals surface area (Å²) in [4.78, 5) is 11.5. The Hall–Kier alpha value is -3.27. The molecule has 1 atom stereocenters. The van der Waals surface area contributed by atoms with E-state index in [4.69, 9.17) is 5.26 Å². The highest BCUT2D eigenvalue weighted by Crippen LogP contribution is 2.30. The van der Waals surface area contributed by atoms with Crippen LogP contribution in [-0.4, -0.2) is 16.2 Å². The number of H-pyrrole nitrogens is 1. The Bertz CT molecular complexity index is 1040. The smallest absolute Gasteiger partial charge is 0.272 e. The summed E-state index contributed by atoms with van der Waals surface area (Å²) in [6.45, 7) is 5.99. The van der Waals surface area contributed by atoms with Gasteiger partial charge in [0.1, 0.15) is 11.6 Å². The van der Waals surface area contributed by atoms with Crippen LogP contribution in [0.15, 0.2) is 41.2 Å². The molecule has 0 amide bonds. The summed E-state index contributed by atoms with van der Waals surface area (Å²) in [5, 5.41) is 18.9. The number of benzene rings is 2. The van der Waals surface area contributed by atoms with Crippen molar-refractivity contribution in [1.29, 1.82) is 5.26 Å². The van der Waals surface area contributed by atoms with Gasteiger partial charge < -0.3 is 5.32 Å². The lowest BCUT2D eigenvalue weighted by molar-refractivity contribution is 0.627. The van der Waals surface area contributed by atoms with Crippen molar-refractivity contribution in [3.05, 3.63) is 69.6 Å². The summed E-state index contributed by atoms with van der Waals surface area (Å²) in [6.07, 6.45) is 0.728.